The van der Waals surface area contributed by atoms with Crippen molar-refractivity contribution in [3.8, 4) is 11.3 Å². The van der Waals surface area contributed by atoms with E-state index in [4.69, 9.17) is 14.8 Å². The van der Waals surface area contributed by atoms with Crippen LogP contribution in [0.15, 0.2) is 18.2 Å². The number of aromatic nitrogens is 2. The van der Waals surface area contributed by atoms with E-state index in [1.165, 1.54) is 0 Å². The van der Waals surface area contributed by atoms with Gasteiger partial charge in [0.1, 0.15) is 5.82 Å². The SMILES string of the molecule is Cc1ccc(C(=O)O)cc1-c1nc(C2CCOC2)[nH]c1C. The highest BCUT2D eigenvalue weighted by Crippen LogP contribution is 2.30. The molecular weight excluding hydrogens is 268 g/mol. The number of hydrogen-bond donors (Lipinski definition) is 2. The minimum absolute atomic E-state index is 0.281. The molecule has 1 saturated heterocycles. The summed E-state index contributed by atoms with van der Waals surface area (Å²) in [5.74, 6) is 0.314. The number of nitrogens with zero attached hydrogens (tertiary/aromatic N) is 1. The van der Waals surface area contributed by atoms with Crippen LogP contribution in [-0.4, -0.2) is 34.3 Å². The Morgan fingerprint density at radius 3 is 2.90 bits per heavy atom. The minimum atomic E-state index is -0.922. The van der Waals surface area contributed by atoms with Crippen LogP contribution in [-0.2, 0) is 4.74 Å². The Labute approximate surface area is 123 Å². The van der Waals surface area contributed by atoms with Gasteiger partial charge in [0.2, 0.25) is 0 Å². The van der Waals surface area contributed by atoms with E-state index in [-0.39, 0.29) is 5.56 Å². The van der Waals surface area contributed by atoms with E-state index in [9.17, 15) is 4.79 Å². The summed E-state index contributed by atoms with van der Waals surface area (Å²) in [7, 11) is 0. The number of H-pyrrole nitrogens is 1. The van der Waals surface area contributed by atoms with Crippen molar-refractivity contribution in [2.45, 2.75) is 26.2 Å². The molecule has 1 fully saturated rings. The van der Waals surface area contributed by atoms with Crippen molar-refractivity contribution < 1.29 is 14.6 Å². The number of nitrogens with one attached hydrogen (secondary N) is 1. The topological polar surface area (TPSA) is 75.2 Å². The highest BCUT2D eigenvalue weighted by Gasteiger charge is 2.23. The van der Waals surface area contributed by atoms with Crippen molar-refractivity contribution >= 4 is 5.97 Å². The van der Waals surface area contributed by atoms with Gasteiger partial charge in [-0.2, -0.15) is 0 Å². The fourth-order valence-corrected chi connectivity index (χ4v) is 2.70. The maximum atomic E-state index is 11.2. The number of carbonyl (C=O) groups is 1. The van der Waals surface area contributed by atoms with Crippen LogP contribution in [0.5, 0.6) is 0 Å². The Morgan fingerprint density at radius 2 is 2.24 bits per heavy atom. The molecule has 2 heterocycles. The molecule has 3 rings (SSSR count). The number of benzene rings is 1. The molecule has 0 amide bonds. The number of carboxylic acids is 1. The predicted molar refractivity (Wildman–Crippen MR) is 78.6 cm³/mol. The normalized spacial score (nSPS) is 18.1. The molecule has 1 aromatic heterocycles. The summed E-state index contributed by atoms with van der Waals surface area (Å²) in [4.78, 5) is 19.2. The number of aryl methyl sites for hydroxylation is 2. The molecule has 1 aromatic carbocycles. The molecule has 1 aliphatic rings. The highest BCUT2D eigenvalue weighted by molar-refractivity contribution is 5.89. The number of carboxylic acid groups (broad SMARTS) is 1. The first-order chi connectivity index (χ1) is 10.1. The molecule has 1 aliphatic heterocycles. The maximum absolute atomic E-state index is 11.2. The van der Waals surface area contributed by atoms with Crippen LogP contribution in [0.2, 0.25) is 0 Å². The minimum Gasteiger partial charge on any atom is -0.478 e. The predicted octanol–water partition coefficient (Wildman–Crippen LogP) is 2.90. The number of ether oxygens (including phenoxy) is 1. The lowest BCUT2D eigenvalue weighted by atomic mass is 10.0. The van der Waals surface area contributed by atoms with Crippen LogP contribution in [0.1, 0.15) is 39.8 Å². The average molecular weight is 286 g/mol. The van der Waals surface area contributed by atoms with Gasteiger partial charge in [-0.3, -0.25) is 0 Å². The van der Waals surface area contributed by atoms with E-state index in [2.05, 4.69) is 4.98 Å². The third kappa shape index (κ3) is 2.56. The third-order valence-corrected chi connectivity index (χ3v) is 3.96. The average Bonchev–Trinajstić information content (AvgIpc) is 3.08. The van der Waals surface area contributed by atoms with E-state index >= 15 is 0 Å². The summed E-state index contributed by atoms with van der Waals surface area (Å²) in [6, 6.07) is 5.13. The smallest absolute Gasteiger partial charge is 0.335 e. The quantitative estimate of drug-likeness (QED) is 0.909. The molecule has 0 saturated carbocycles. The summed E-state index contributed by atoms with van der Waals surface area (Å²) in [5.41, 5.74) is 3.96. The molecule has 2 aromatic rings. The van der Waals surface area contributed by atoms with Crippen LogP contribution in [0.3, 0.4) is 0 Å². The molecule has 0 spiro atoms. The molecule has 110 valence electrons. The van der Waals surface area contributed by atoms with E-state index in [0.29, 0.717) is 12.5 Å². The number of rotatable bonds is 3. The van der Waals surface area contributed by atoms with E-state index < -0.39 is 5.97 Å². The summed E-state index contributed by atoms with van der Waals surface area (Å²) in [5, 5.41) is 9.15. The van der Waals surface area contributed by atoms with Crippen molar-refractivity contribution in [1.29, 1.82) is 0 Å². The standard InChI is InChI=1S/C16H18N2O3/c1-9-3-4-11(16(19)20)7-13(9)14-10(2)17-15(18-14)12-5-6-21-8-12/h3-4,7,12H,5-6,8H2,1-2H3,(H,17,18)(H,19,20). The zero-order valence-electron chi connectivity index (χ0n) is 12.1. The molecule has 0 radical (unpaired) electrons. The molecule has 0 bridgehead atoms. The van der Waals surface area contributed by atoms with Gasteiger partial charge in [0.05, 0.1) is 17.9 Å². The van der Waals surface area contributed by atoms with Crippen LogP contribution < -0.4 is 0 Å². The molecular formula is C16H18N2O3. The molecule has 21 heavy (non-hydrogen) atoms. The van der Waals surface area contributed by atoms with Gasteiger partial charge in [-0.05, 0) is 38.0 Å². The third-order valence-electron chi connectivity index (χ3n) is 3.96. The van der Waals surface area contributed by atoms with Gasteiger partial charge in [0.15, 0.2) is 0 Å². The van der Waals surface area contributed by atoms with Crippen molar-refractivity contribution in [3.63, 3.8) is 0 Å². The number of imidazole rings is 1. The lowest BCUT2D eigenvalue weighted by molar-refractivity contribution is 0.0697. The Hall–Kier alpha value is -2.14. The summed E-state index contributed by atoms with van der Waals surface area (Å²) < 4.78 is 5.40. The molecule has 5 heteroatoms. The maximum Gasteiger partial charge on any atom is 0.335 e. The summed E-state index contributed by atoms with van der Waals surface area (Å²) >= 11 is 0. The van der Waals surface area contributed by atoms with Crippen molar-refractivity contribution in [2.75, 3.05) is 13.2 Å². The van der Waals surface area contributed by atoms with Gasteiger partial charge in [-0.1, -0.05) is 6.07 Å². The van der Waals surface area contributed by atoms with Crippen LogP contribution in [0.4, 0.5) is 0 Å². The number of aromatic amines is 1. The Bertz CT molecular complexity index is 685. The van der Waals surface area contributed by atoms with Crippen molar-refractivity contribution in [2.24, 2.45) is 0 Å². The first kappa shape index (κ1) is 13.8. The first-order valence-corrected chi connectivity index (χ1v) is 7.05. The van der Waals surface area contributed by atoms with Crippen molar-refractivity contribution in [1.82, 2.24) is 9.97 Å². The van der Waals surface area contributed by atoms with Crippen molar-refractivity contribution in [3.05, 3.63) is 40.8 Å². The van der Waals surface area contributed by atoms with E-state index in [0.717, 1.165) is 41.4 Å². The van der Waals surface area contributed by atoms with Gasteiger partial charge < -0.3 is 14.8 Å². The largest absolute Gasteiger partial charge is 0.478 e. The Morgan fingerprint density at radius 1 is 1.43 bits per heavy atom. The van der Waals surface area contributed by atoms with Crippen LogP contribution >= 0.6 is 0 Å². The fraction of sp³-hybridized carbons (Fsp3) is 0.375. The summed E-state index contributed by atoms with van der Waals surface area (Å²) in [6.07, 6.45) is 0.973. The van der Waals surface area contributed by atoms with Gasteiger partial charge >= 0.3 is 5.97 Å². The van der Waals surface area contributed by atoms with Crippen LogP contribution in [0, 0.1) is 13.8 Å². The molecule has 5 nitrogen and oxygen atoms in total. The molecule has 1 atom stereocenters. The highest BCUT2D eigenvalue weighted by atomic mass is 16.5. The van der Waals surface area contributed by atoms with Gasteiger partial charge in [0.25, 0.3) is 0 Å². The fourth-order valence-electron chi connectivity index (χ4n) is 2.70. The lowest BCUT2D eigenvalue weighted by Gasteiger charge is -2.06. The second-order valence-corrected chi connectivity index (χ2v) is 5.49. The van der Waals surface area contributed by atoms with Gasteiger partial charge in [0, 0.05) is 23.8 Å². The molecule has 1 unspecified atom stereocenters. The lowest BCUT2D eigenvalue weighted by Crippen LogP contribution is -2.00. The molecule has 2 N–H and O–H groups in total. The van der Waals surface area contributed by atoms with Gasteiger partial charge in [-0.15, -0.1) is 0 Å². The monoisotopic (exact) mass is 286 g/mol. The second-order valence-electron chi connectivity index (χ2n) is 5.49. The van der Waals surface area contributed by atoms with Gasteiger partial charge in [-0.25, -0.2) is 9.78 Å². The first-order valence-electron chi connectivity index (χ1n) is 7.05. The Balaban J connectivity index is 2.03. The number of aromatic carboxylic acids is 1. The second kappa shape index (κ2) is 5.33. The number of hydrogen-bond acceptors (Lipinski definition) is 3. The zero-order valence-corrected chi connectivity index (χ0v) is 12.1. The summed E-state index contributed by atoms with van der Waals surface area (Å²) in [6.45, 7) is 5.40. The van der Waals surface area contributed by atoms with Crippen LogP contribution in [0.25, 0.3) is 11.3 Å². The van der Waals surface area contributed by atoms with E-state index in [1.807, 2.05) is 19.9 Å². The Kier molecular flexibility index (Phi) is 3.51. The van der Waals surface area contributed by atoms with E-state index in [1.54, 1.807) is 12.1 Å². The molecule has 0 aliphatic carbocycles. The zero-order chi connectivity index (χ0) is 15.0.